The number of likely N-dealkylation sites (N-methyl/N-ethyl adjacent to an activating group) is 1. The fraction of sp³-hybridized carbons (Fsp3) is 0.579. The van der Waals surface area contributed by atoms with Crippen molar-refractivity contribution < 1.29 is 19.1 Å². The van der Waals surface area contributed by atoms with Crippen LogP contribution in [0.2, 0.25) is 0 Å². The second-order valence-electron chi connectivity index (χ2n) is 6.71. The van der Waals surface area contributed by atoms with Gasteiger partial charge in [0.25, 0.3) is 0 Å². The summed E-state index contributed by atoms with van der Waals surface area (Å²) in [7, 11) is 1.64. The van der Waals surface area contributed by atoms with Gasteiger partial charge in [0.05, 0.1) is 6.54 Å². The van der Waals surface area contributed by atoms with Crippen LogP contribution in [-0.4, -0.2) is 32.1 Å². The molecule has 0 unspecified atom stereocenters. The minimum absolute atomic E-state index is 0. The lowest BCUT2D eigenvalue weighted by Gasteiger charge is -2.20. The molecular weight excluding hydrogens is 342 g/mol. The van der Waals surface area contributed by atoms with Crippen LogP contribution in [0.5, 0.6) is 5.75 Å². The predicted octanol–water partition coefficient (Wildman–Crippen LogP) is 3.41. The lowest BCUT2D eigenvalue weighted by molar-refractivity contribution is -0.152. The number of carbonyl (C=O) groups is 2. The molecule has 0 heterocycles. The minimum Gasteiger partial charge on any atom is -0.453 e. The lowest BCUT2D eigenvalue weighted by Crippen LogP contribution is -2.25. The van der Waals surface area contributed by atoms with E-state index in [4.69, 9.17) is 9.47 Å². The maximum Gasteiger partial charge on any atom is 0.349 e. The number of benzene rings is 1. The second kappa shape index (κ2) is 9.78. The molecule has 0 bridgehead atoms. The normalized spacial score (nSPS) is 14.6. The van der Waals surface area contributed by atoms with Crippen LogP contribution in [0.1, 0.15) is 56.6 Å². The summed E-state index contributed by atoms with van der Waals surface area (Å²) in [6, 6.07) is 6.04. The number of nitrogens with one attached hydrogen (secondary N) is 1. The Balaban J connectivity index is 0.00000312. The maximum absolute atomic E-state index is 12.1. The number of hydrogen-bond acceptors (Lipinski definition) is 5. The van der Waals surface area contributed by atoms with Crippen molar-refractivity contribution in [1.29, 1.82) is 0 Å². The molecular formula is C19H28ClNO4. The van der Waals surface area contributed by atoms with Gasteiger partial charge in [-0.3, -0.25) is 4.79 Å². The van der Waals surface area contributed by atoms with E-state index in [1.807, 2.05) is 18.2 Å². The fourth-order valence-corrected chi connectivity index (χ4v) is 2.83. The van der Waals surface area contributed by atoms with Gasteiger partial charge in [-0.2, -0.15) is 0 Å². The highest BCUT2D eigenvalue weighted by molar-refractivity contribution is 5.85. The topological polar surface area (TPSA) is 64.6 Å². The van der Waals surface area contributed by atoms with Crippen molar-refractivity contribution in [3.63, 3.8) is 0 Å². The van der Waals surface area contributed by atoms with E-state index in [2.05, 4.69) is 26.1 Å². The zero-order valence-electron chi connectivity index (χ0n) is 15.3. The van der Waals surface area contributed by atoms with E-state index in [1.165, 1.54) is 12.8 Å². The molecule has 0 aliphatic heterocycles. The third-order valence-electron chi connectivity index (χ3n) is 4.41. The van der Waals surface area contributed by atoms with Gasteiger partial charge in [0.15, 0.2) is 6.61 Å². The van der Waals surface area contributed by atoms with Gasteiger partial charge in [0.2, 0.25) is 0 Å². The van der Waals surface area contributed by atoms with Crippen molar-refractivity contribution in [2.45, 2.75) is 45.4 Å². The Morgan fingerprint density at radius 2 is 1.80 bits per heavy atom. The van der Waals surface area contributed by atoms with Gasteiger partial charge >= 0.3 is 11.9 Å². The lowest BCUT2D eigenvalue weighted by atomic mass is 9.90. The molecule has 140 valence electrons. The molecule has 1 aromatic carbocycles. The van der Waals surface area contributed by atoms with Crippen LogP contribution in [0.4, 0.5) is 0 Å². The standard InChI is InChI=1S/C19H27NO4.ClH/c1-12(2)15-6-5-7-16(13(3)14-8-9-14)19(15)24-18(22)11-23-17(21)10-20-4;/h5-7,12-14,20H,8-11H2,1-4H3;1H/t13-;/m0./s1. The highest BCUT2D eigenvalue weighted by Gasteiger charge is 2.32. The van der Waals surface area contributed by atoms with Crippen molar-refractivity contribution in [1.82, 2.24) is 5.32 Å². The Morgan fingerprint density at radius 3 is 2.36 bits per heavy atom. The Labute approximate surface area is 155 Å². The van der Waals surface area contributed by atoms with Crippen molar-refractivity contribution >= 4 is 24.3 Å². The number of carbonyl (C=O) groups excluding carboxylic acids is 2. The Kier molecular flexibility index (Phi) is 8.39. The summed E-state index contributed by atoms with van der Waals surface area (Å²) in [5, 5.41) is 2.68. The summed E-state index contributed by atoms with van der Waals surface area (Å²) in [6.45, 7) is 6.03. The van der Waals surface area contributed by atoms with Crippen molar-refractivity contribution in [2.75, 3.05) is 20.2 Å². The van der Waals surface area contributed by atoms with Crippen LogP contribution in [0, 0.1) is 5.92 Å². The van der Waals surface area contributed by atoms with Crippen LogP contribution in [0.25, 0.3) is 0 Å². The Morgan fingerprint density at radius 1 is 1.16 bits per heavy atom. The molecule has 1 saturated carbocycles. The molecule has 2 rings (SSSR count). The molecule has 0 saturated heterocycles. The first-order chi connectivity index (χ1) is 11.4. The first-order valence-electron chi connectivity index (χ1n) is 8.57. The summed E-state index contributed by atoms with van der Waals surface area (Å²) in [5.41, 5.74) is 2.08. The SMILES string of the molecule is CNCC(=O)OCC(=O)Oc1c(C(C)C)cccc1[C@@H](C)C1CC1.Cl. The van der Waals surface area contributed by atoms with E-state index in [0.29, 0.717) is 17.6 Å². The number of halogens is 1. The van der Waals surface area contributed by atoms with Crippen molar-refractivity contribution in [2.24, 2.45) is 5.92 Å². The van der Waals surface area contributed by atoms with Crippen molar-refractivity contribution in [3.05, 3.63) is 29.3 Å². The van der Waals surface area contributed by atoms with Gasteiger partial charge in [0, 0.05) is 0 Å². The molecule has 5 nitrogen and oxygen atoms in total. The molecule has 1 atom stereocenters. The van der Waals surface area contributed by atoms with Crippen LogP contribution < -0.4 is 10.1 Å². The monoisotopic (exact) mass is 369 g/mol. The molecule has 25 heavy (non-hydrogen) atoms. The molecule has 0 aromatic heterocycles. The summed E-state index contributed by atoms with van der Waals surface area (Å²) < 4.78 is 10.5. The molecule has 0 radical (unpaired) electrons. The third-order valence-corrected chi connectivity index (χ3v) is 4.41. The molecule has 1 aromatic rings. The van der Waals surface area contributed by atoms with Gasteiger partial charge in [-0.25, -0.2) is 4.79 Å². The highest BCUT2D eigenvalue weighted by atomic mass is 35.5. The quantitative estimate of drug-likeness (QED) is 0.562. The van der Waals surface area contributed by atoms with E-state index < -0.39 is 11.9 Å². The summed E-state index contributed by atoms with van der Waals surface area (Å²) in [6.07, 6.45) is 2.45. The average molecular weight is 370 g/mol. The predicted molar refractivity (Wildman–Crippen MR) is 99.4 cm³/mol. The molecule has 1 aliphatic carbocycles. The molecule has 1 fully saturated rings. The molecule has 0 amide bonds. The molecule has 0 spiro atoms. The van der Waals surface area contributed by atoms with Gasteiger partial charge in [0.1, 0.15) is 5.75 Å². The zero-order valence-corrected chi connectivity index (χ0v) is 16.2. The summed E-state index contributed by atoms with van der Waals surface area (Å²) in [5.74, 6) is 0.888. The van der Waals surface area contributed by atoms with E-state index in [-0.39, 0.29) is 31.5 Å². The van der Waals surface area contributed by atoms with E-state index in [9.17, 15) is 9.59 Å². The van der Waals surface area contributed by atoms with Gasteiger partial charge in [-0.05, 0) is 48.8 Å². The van der Waals surface area contributed by atoms with E-state index in [0.717, 1.165) is 11.1 Å². The van der Waals surface area contributed by atoms with Crippen LogP contribution in [0.3, 0.4) is 0 Å². The number of ether oxygens (including phenoxy) is 2. The second-order valence-corrected chi connectivity index (χ2v) is 6.71. The smallest absolute Gasteiger partial charge is 0.349 e. The summed E-state index contributed by atoms with van der Waals surface area (Å²) in [4.78, 5) is 23.5. The molecule has 1 N–H and O–H groups in total. The van der Waals surface area contributed by atoms with Gasteiger partial charge in [-0.15, -0.1) is 12.4 Å². The average Bonchev–Trinajstić information content (AvgIpc) is 3.37. The van der Waals surface area contributed by atoms with Gasteiger partial charge < -0.3 is 14.8 Å². The number of hydrogen-bond donors (Lipinski definition) is 1. The number of para-hydroxylation sites is 1. The third kappa shape index (κ3) is 6.01. The van der Waals surface area contributed by atoms with Gasteiger partial charge in [-0.1, -0.05) is 39.0 Å². The van der Waals surface area contributed by atoms with Crippen LogP contribution in [-0.2, 0) is 14.3 Å². The first-order valence-corrected chi connectivity index (χ1v) is 8.57. The number of rotatable bonds is 8. The zero-order chi connectivity index (χ0) is 17.7. The highest BCUT2D eigenvalue weighted by Crippen LogP contribution is 2.46. The Hall–Kier alpha value is -1.59. The van der Waals surface area contributed by atoms with Crippen LogP contribution >= 0.6 is 12.4 Å². The Bertz CT molecular complexity index is 599. The number of esters is 2. The van der Waals surface area contributed by atoms with E-state index >= 15 is 0 Å². The molecule has 6 heteroatoms. The largest absolute Gasteiger partial charge is 0.453 e. The first kappa shape index (κ1) is 21.5. The summed E-state index contributed by atoms with van der Waals surface area (Å²) >= 11 is 0. The molecule has 1 aliphatic rings. The van der Waals surface area contributed by atoms with Crippen molar-refractivity contribution in [3.8, 4) is 5.75 Å². The minimum atomic E-state index is -0.545. The fourth-order valence-electron chi connectivity index (χ4n) is 2.83. The van der Waals surface area contributed by atoms with E-state index in [1.54, 1.807) is 7.05 Å². The van der Waals surface area contributed by atoms with Crippen LogP contribution in [0.15, 0.2) is 18.2 Å². The maximum atomic E-state index is 12.1.